The summed E-state index contributed by atoms with van der Waals surface area (Å²) in [5.74, 6) is 1.12. The largest absolute Gasteiger partial charge is 0.378 e. The smallest absolute Gasteiger partial charge is 0.237 e. The Bertz CT molecular complexity index is 282. The fourth-order valence-electron chi connectivity index (χ4n) is 2.98. The van der Waals surface area contributed by atoms with E-state index in [2.05, 4.69) is 13.8 Å². The molecule has 0 aliphatic heterocycles. The van der Waals surface area contributed by atoms with E-state index < -0.39 is 11.4 Å². The molecular weight excluding hydrogens is 240 g/mol. The normalized spacial score (nSPS) is 30.8. The van der Waals surface area contributed by atoms with Gasteiger partial charge in [-0.25, -0.2) is 0 Å². The van der Waals surface area contributed by atoms with Crippen LogP contribution in [-0.4, -0.2) is 24.2 Å². The zero-order chi connectivity index (χ0) is 14.5. The van der Waals surface area contributed by atoms with Crippen LogP contribution in [0.2, 0.25) is 0 Å². The zero-order valence-corrected chi connectivity index (χ0v) is 12.7. The highest BCUT2D eigenvalue weighted by molar-refractivity contribution is 5.83. The summed E-state index contributed by atoms with van der Waals surface area (Å²) in [7, 11) is 0. The third-order valence-electron chi connectivity index (χ3n) is 4.14. The predicted octanol–water partition coefficient (Wildman–Crippen LogP) is 2.20. The Balaban J connectivity index is 2.12. The molecular formula is C15H30N2O2. The van der Waals surface area contributed by atoms with Gasteiger partial charge in [0.1, 0.15) is 0 Å². The molecule has 3 unspecified atom stereocenters. The number of amides is 1. The number of primary amides is 1. The van der Waals surface area contributed by atoms with Crippen molar-refractivity contribution in [1.29, 1.82) is 0 Å². The quantitative estimate of drug-likeness (QED) is 0.696. The van der Waals surface area contributed by atoms with Gasteiger partial charge in [-0.15, -0.1) is 0 Å². The van der Waals surface area contributed by atoms with Gasteiger partial charge in [0, 0.05) is 6.61 Å². The third-order valence-corrected chi connectivity index (χ3v) is 4.14. The van der Waals surface area contributed by atoms with Gasteiger partial charge < -0.3 is 16.2 Å². The topological polar surface area (TPSA) is 78.3 Å². The van der Waals surface area contributed by atoms with Crippen LogP contribution >= 0.6 is 0 Å². The molecule has 19 heavy (non-hydrogen) atoms. The lowest BCUT2D eigenvalue weighted by Crippen LogP contribution is -2.49. The number of carbonyl (C=O) groups is 1. The van der Waals surface area contributed by atoms with E-state index in [0.29, 0.717) is 12.5 Å². The van der Waals surface area contributed by atoms with Crippen LogP contribution in [0.4, 0.5) is 0 Å². The van der Waals surface area contributed by atoms with Gasteiger partial charge in [-0.2, -0.15) is 0 Å². The van der Waals surface area contributed by atoms with Crippen molar-refractivity contribution < 1.29 is 9.53 Å². The van der Waals surface area contributed by atoms with Crippen molar-refractivity contribution in [3.05, 3.63) is 0 Å². The van der Waals surface area contributed by atoms with Crippen molar-refractivity contribution in [1.82, 2.24) is 0 Å². The molecule has 0 saturated heterocycles. The molecule has 0 spiro atoms. The minimum absolute atomic E-state index is 0.416. The lowest BCUT2D eigenvalue weighted by molar-refractivity contribution is -0.122. The Morgan fingerprint density at radius 1 is 1.21 bits per heavy atom. The van der Waals surface area contributed by atoms with E-state index in [4.69, 9.17) is 16.2 Å². The van der Waals surface area contributed by atoms with Gasteiger partial charge in [0.15, 0.2) is 0 Å². The second kappa shape index (κ2) is 7.25. The second-order valence-corrected chi connectivity index (χ2v) is 6.65. The molecule has 0 aromatic rings. The van der Waals surface area contributed by atoms with E-state index in [1.165, 1.54) is 19.3 Å². The standard InChI is InChI=1S/C15H30N2O2/c1-11-8-12(2)10-13(9-11)19-7-5-4-6-15(3,17)14(16)18/h11-13H,4-10,17H2,1-3H3,(H2,16,18). The second-order valence-electron chi connectivity index (χ2n) is 6.65. The van der Waals surface area contributed by atoms with E-state index in [1.807, 2.05) is 0 Å². The van der Waals surface area contributed by atoms with Crippen LogP contribution in [0.3, 0.4) is 0 Å². The summed E-state index contributed by atoms with van der Waals surface area (Å²) in [5, 5.41) is 0. The molecule has 4 heteroatoms. The van der Waals surface area contributed by atoms with Crippen LogP contribution in [0.5, 0.6) is 0 Å². The Hall–Kier alpha value is -0.610. The van der Waals surface area contributed by atoms with E-state index in [1.54, 1.807) is 6.92 Å². The Labute approximate surface area is 117 Å². The molecule has 0 aromatic heterocycles. The van der Waals surface area contributed by atoms with Crippen molar-refractivity contribution in [2.75, 3.05) is 6.61 Å². The van der Waals surface area contributed by atoms with Crippen LogP contribution in [0, 0.1) is 11.8 Å². The highest BCUT2D eigenvalue weighted by Crippen LogP contribution is 2.30. The molecule has 3 atom stereocenters. The first-order valence-corrected chi connectivity index (χ1v) is 7.51. The van der Waals surface area contributed by atoms with Gasteiger partial charge in [0.25, 0.3) is 0 Å². The maximum Gasteiger partial charge on any atom is 0.237 e. The average Bonchev–Trinajstić information content (AvgIpc) is 2.26. The molecule has 4 N–H and O–H groups in total. The Morgan fingerprint density at radius 3 is 2.32 bits per heavy atom. The van der Waals surface area contributed by atoms with Gasteiger partial charge in [-0.05, 0) is 57.3 Å². The summed E-state index contributed by atoms with van der Waals surface area (Å²) in [6, 6.07) is 0. The van der Waals surface area contributed by atoms with Crippen LogP contribution in [0.1, 0.15) is 59.3 Å². The summed E-state index contributed by atoms with van der Waals surface area (Å²) in [4.78, 5) is 11.1. The van der Waals surface area contributed by atoms with Crippen LogP contribution in [0.15, 0.2) is 0 Å². The molecule has 0 radical (unpaired) electrons. The van der Waals surface area contributed by atoms with Crippen LogP contribution < -0.4 is 11.5 Å². The van der Waals surface area contributed by atoms with E-state index >= 15 is 0 Å². The molecule has 1 fully saturated rings. The summed E-state index contributed by atoms with van der Waals surface area (Å²) in [5.41, 5.74) is 10.2. The number of hydrogen-bond donors (Lipinski definition) is 2. The van der Waals surface area contributed by atoms with Gasteiger partial charge in [-0.1, -0.05) is 13.8 Å². The Morgan fingerprint density at radius 2 is 1.79 bits per heavy atom. The molecule has 1 saturated carbocycles. The minimum atomic E-state index is -0.881. The lowest BCUT2D eigenvalue weighted by atomic mass is 9.82. The number of carbonyl (C=O) groups excluding carboxylic acids is 1. The van der Waals surface area contributed by atoms with Crippen LogP contribution in [-0.2, 0) is 9.53 Å². The summed E-state index contributed by atoms with van der Waals surface area (Å²) < 4.78 is 5.94. The number of rotatable bonds is 7. The molecule has 0 bridgehead atoms. The van der Waals surface area contributed by atoms with Crippen molar-refractivity contribution in [2.24, 2.45) is 23.3 Å². The number of hydrogen-bond acceptors (Lipinski definition) is 3. The number of nitrogens with two attached hydrogens (primary N) is 2. The highest BCUT2D eigenvalue weighted by Gasteiger charge is 2.26. The first kappa shape index (κ1) is 16.4. The monoisotopic (exact) mass is 270 g/mol. The Kier molecular flexibility index (Phi) is 6.27. The van der Waals surface area contributed by atoms with E-state index in [-0.39, 0.29) is 0 Å². The first-order chi connectivity index (χ1) is 8.81. The van der Waals surface area contributed by atoms with Crippen molar-refractivity contribution in [3.63, 3.8) is 0 Å². The number of ether oxygens (including phenoxy) is 1. The van der Waals surface area contributed by atoms with Gasteiger partial charge in [-0.3, -0.25) is 4.79 Å². The molecule has 0 heterocycles. The fraction of sp³-hybridized carbons (Fsp3) is 0.933. The van der Waals surface area contributed by atoms with Crippen LogP contribution in [0.25, 0.3) is 0 Å². The molecule has 1 aliphatic carbocycles. The first-order valence-electron chi connectivity index (χ1n) is 7.51. The molecule has 1 aliphatic rings. The minimum Gasteiger partial charge on any atom is -0.378 e. The lowest BCUT2D eigenvalue weighted by Gasteiger charge is -2.31. The van der Waals surface area contributed by atoms with Gasteiger partial charge >= 0.3 is 0 Å². The summed E-state index contributed by atoms with van der Waals surface area (Å²) >= 11 is 0. The molecule has 1 rings (SSSR count). The van der Waals surface area contributed by atoms with Gasteiger partial charge in [0.05, 0.1) is 11.6 Å². The van der Waals surface area contributed by atoms with Gasteiger partial charge in [0.2, 0.25) is 5.91 Å². The maximum absolute atomic E-state index is 11.1. The molecule has 4 nitrogen and oxygen atoms in total. The average molecular weight is 270 g/mol. The summed E-state index contributed by atoms with van der Waals surface area (Å²) in [6.07, 6.45) is 6.56. The fourth-order valence-corrected chi connectivity index (χ4v) is 2.98. The van der Waals surface area contributed by atoms with E-state index in [0.717, 1.165) is 31.3 Å². The zero-order valence-electron chi connectivity index (χ0n) is 12.7. The van der Waals surface area contributed by atoms with Crippen molar-refractivity contribution in [3.8, 4) is 0 Å². The third kappa shape index (κ3) is 5.91. The molecule has 112 valence electrons. The van der Waals surface area contributed by atoms with E-state index in [9.17, 15) is 4.79 Å². The number of unbranched alkanes of at least 4 members (excludes halogenated alkanes) is 1. The predicted molar refractivity (Wildman–Crippen MR) is 77.6 cm³/mol. The summed E-state index contributed by atoms with van der Waals surface area (Å²) in [6.45, 7) is 7.07. The highest BCUT2D eigenvalue weighted by atomic mass is 16.5. The molecule has 0 aromatic carbocycles. The molecule has 1 amide bonds. The van der Waals surface area contributed by atoms with Crippen molar-refractivity contribution >= 4 is 5.91 Å². The maximum atomic E-state index is 11.1. The SMILES string of the molecule is CC1CC(C)CC(OCCCCC(C)(N)C(N)=O)C1. The van der Waals surface area contributed by atoms with Crippen molar-refractivity contribution in [2.45, 2.75) is 70.9 Å².